The number of carbonyl (C=O) groups is 1. The summed E-state index contributed by atoms with van der Waals surface area (Å²) >= 11 is 0. The summed E-state index contributed by atoms with van der Waals surface area (Å²) in [4.78, 5) is 11.7. The van der Waals surface area contributed by atoms with Crippen LogP contribution in [0.2, 0.25) is 0 Å². The molecule has 0 fully saturated rings. The zero-order valence-corrected chi connectivity index (χ0v) is 28.4. The SMILES string of the molecule is C=CCCCCCCCCCCCC(C)CCCC.CCCCCCC=CCCC(=O)CCCCCCCCC. The molecular weight excluding hydrogens is 484 g/mol. The lowest BCUT2D eigenvalue weighted by Gasteiger charge is -2.10. The van der Waals surface area contributed by atoms with Crippen molar-refractivity contribution in [1.82, 2.24) is 0 Å². The van der Waals surface area contributed by atoms with E-state index in [4.69, 9.17) is 0 Å². The molecule has 0 aromatic heterocycles. The van der Waals surface area contributed by atoms with Crippen molar-refractivity contribution >= 4 is 5.78 Å². The number of unbranched alkanes of at least 4 members (excludes halogenated alkanes) is 20. The second kappa shape index (κ2) is 38.1. The van der Waals surface area contributed by atoms with E-state index in [0.29, 0.717) is 5.78 Å². The number of hydrogen-bond acceptors (Lipinski definition) is 1. The molecule has 1 nitrogen and oxygen atoms in total. The molecule has 0 aliphatic rings. The summed E-state index contributed by atoms with van der Waals surface area (Å²) in [6, 6.07) is 0. The Kier molecular flexibility index (Phi) is 39.4. The number of hydrogen-bond donors (Lipinski definition) is 0. The van der Waals surface area contributed by atoms with Gasteiger partial charge in [-0.3, -0.25) is 4.79 Å². The average Bonchev–Trinajstić information content (AvgIpc) is 2.96. The molecule has 1 unspecified atom stereocenters. The first-order chi connectivity index (χ1) is 19.6. The smallest absolute Gasteiger partial charge is 0.133 e. The van der Waals surface area contributed by atoms with Gasteiger partial charge in [0.15, 0.2) is 0 Å². The van der Waals surface area contributed by atoms with Crippen LogP contribution >= 0.6 is 0 Å². The number of Topliss-reactive ketones (excluding diaryl/α,β-unsaturated/α-hetero) is 1. The molecular formula is C39H76O. The Morgan fingerprint density at radius 2 is 0.925 bits per heavy atom. The Balaban J connectivity index is 0. The molecule has 0 aromatic rings. The zero-order valence-electron chi connectivity index (χ0n) is 28.4. The van der Waals surface area contributed by atoms with Crippen LogP contribution in [0.5, 0.6) is 0 Å². The van der Waals surface area contributed by atoms with Crippen LogP contribution in [0.4, 0.5) is 0 Å². The lowest BCUT2D eigenvalue weighted by molar-refractivity contribution is -0.119. The van der Waals surface area contributed by atoms with Crippen LogP contribution in [0.1, 0.15) is 214 Å². The summed E-state index contributed by atoms with van der Waals surface area (Å²) in [6.07, 6.45) is 44.4. The Morgan fingerprint density at radius 3 is 1.50 bits per heavy atom. The highest BCUT2D eigenvalue weighted by atomic mass is 16.1. The van der Waals surface area contributed by atoms with Gasteiger partial charge in [-0.15, -0.1) is 6.58 Å². The minimum absolute atomic E-state index is 0.458. The van der Waals surface area contributed by atoms with E-state index in [1.165, 1.54) is 161 Å². The average molecular weight is 561 g/mol. The summed E-state index contributed by atoms with van der Waals surface area (Å²) in [7, 11) is 0. The third-order valence-electron chi connectivity index (χ3n) is 8.20. The lowest BCUT2D eigenvalue weighted by atomic mass is 9.97. The summed E-state index contributed by atoms with van der Waals surface area (Å²) in [6.45, 7) is 13.0. The quantitative estimate of drug-likeness (QED) is 0.0608. The molecule has 0 bridgehead atoms. The van der Waals surface area contributed by atoms with Crippen molar-refractivity contribution < 1.29 is 4.79 Å². The fourth-order valence-electron chi connectivity index (χ4n) is 5.29. The first-order valence-electron chi connectivity index (χ1n) is 18.4. The van der Waals surface area contributed by atoms with Crippen LogP contribution in [0, 0.1) is 5.92 Å². The summed E-state index contributed by atoms with van der Waals surface area (Å²) in [5.74, 6) is 1.42. The number of carbonyl (C=O) groups excluding carboxylic acids is 1. The molecule has 238 valence electrons. The van der Waals surface area contributed by atoms with Crippen LogP contribution in [0.15, 0.2) is 24.8 Å². The van der Waals surface area contributed by atoms with E-state index >= 15 is 0 Å². The van der Waals surface area contributed by atoms with E-state index in [-0.39, 0.29) is 0 Å². The molecule has 0 heterocycles. The Hall–Kier alpha value is -0.850. The fourth-order valence-corrected chi connectivity index (χ4v) is 5.29. The van der Waals surface area contributed by atoms with E-state index in [0.717, 1.165) is 31.6 Å². The summed E-state index contributed by atoms with van der Waals surface area (Å²) < 4.78 is 0. The molecule has 1 atom stereocenters. The van der Waals surface area contributed by atoms with Crippen molar-refractivity contribution in [3.05, 3.63) is 24.8 Å². The second-order valence-corrected chi connectivity index (χ2v) is 12.6. The van der Waals surface area contributed by atoms with Crippen LogP contribution in [0.25, 0.3) is 0 Å². The monoisotopic (exact) mass is 561 g/mol. The van der Waals surface area contributed by atoms with Crippen LogP contribution < -0.4 is 0 Å². The Labute approximate surface area is 254 Å². The predicted molar refractivity (Wildman–Crippen MR) is 184 cm³/mol. The molecule has 0 aromatic carbocycles. The minimum atomic E-state index is 0.458. The Morgan fingerprint density at radius 1 is 0.500 bits per heavy atom. The molecule has 0 aliphatic heterocycles. The Bertz CT molecular complexity index is 505. The maximum absolute atomic E-state index is 11.7. The van der Waals surface area contributed by atoms with Gasteiger partial charge < -0.3 is 0 Å². The number of rotatable bonds is 31. The molecule has 40 heavy (non-hydrogen) atoms. The summed E-state index contributed by atoms with van der Waals surface area (Å²) in [5.41, 5.74) is 0. The highest BCUT2D eigenvalue weighted by Crippen LogP contribution is 2.17. The highest BCUT2D eigenvalue weighted by molar-refractivity contribution is 5.78. The molecule has 0 spiro atoms. The predicted octanol–water partition coefficient (Wildman–Crippen LogP) is 14.3. The van der Waals surface area contributed by atoms with Gasteiger partial charge >= 0.3 is 0 Å². The van der Waals surface area contributed by atoms with Gasteiger partial charge in [0.1, 0.15) is 5.78 Å². The van der Waals surface area contributed by atoms with Gasteiger partial charge in [0, 0.05) is 12.8 Å². The van der Waals surface area contributed by atoms with Gasteiger partial charge in [-0.1, -0.05) is 181 Å². The molecule has 0 radical (unpaired) electrons. The zero-order chi connectivity index (χ0) is 29.8. The maximum Gasteiger partial charge on any atom is 0.133 e. The second-order valence-electron chi connectivity index (χ2n) is 12.6. The third-order valence-corrected chi connectivity index (χ3v) is 8.20. The topological polar surface area (TPSA) is 17.1 Å². The van der Waals surface area contributed by atoms with Crippen molar-refractivity contribution in [2.45, 2.75) is 214 Å². The third kappa shape index (κ3) is 39.3. The largest absolute Gasteiger partial charge is 0.300 e. The van der Waals surface area contributed by atoms with Gasteiger partial charge in [-0.05, 0) is 44.4 Å². The standard InChI is InChI=1S/C20H38O.C19H38/c1-3-5-7-9-11-13-15-17-19-20(21)18-16-14-12-10-8-6-4-2;1-4-6-8-9-10-11-12-13-14-15-16-18-19(3)17-7-5-2/h13,15H,3-12,14,16-19H2,1-2H3;4,19H,1,5-18H2,2-3H3. The molecule has 0 rings (SSSR count). The van der Waals surface area contributed by atoms with Crippen molar-refractivity contribution in [2.75, 3.05) is 0 Å². The van der Waals surface area contributed by atoms with Crippen LogP contribution in [-0.2, 0) is 4.79 Å². The van der Waals surface area contributed by atoms with Gasteiger partial charge in [0.2, 0.25) is 0 Å². The number of ketones is 1. The fraction of sp³-hybridized carbons (Fsp3) is 0.872. The first kappa shape index (κ1) is 41.3. The molecule has 0 saturated carbocycles. The van der Waals surface area contributed by atoms with Gasteiger partial charge in [0.25, 0.3) is 0 Å². The molecule has 0 saturated heterocycles. The lowest BCUT2D eigenvalue weighted by Crippen LogP contribution is -1.96. The van der Waals surface area contributed by atoms with E-state index in [2.05, 4.69) is 46.4 Å². The van der Waals surface area contributed by atoms with E-state index < -0.39 is 0 Å². The van der Waals surface area contributed by atoms with Crippen LogP contribution in [0.3, 0.4) is 0 Å². The van der Waals surface area contributed by atoms with Gasteiger partial charge in [0.05, 0.1) is 0 Å². The van der Waals surface area contributed by atoms with Crippen LogP contribution in [-0.4, -0.2) is 5.78 Å². The van der Waals surface area contributed by atoms with Gasteiger partial charge in [-0.2, -0.15) is 0 Å². The molecule has 0 N–H and O–H groups in total. The highest BCUT2D eigenvalue weighted by Gasteiger charge is 2.01. The summed E-state index contributed by atoms with van der Waals surface area (Å²) in [5, 5.41) is 0. The normalized spacial score (nSPS) is 11.9. The van der Waals surface area contributed by atoms with Gasteiger partial charge in [-0.25, -0.2) is 0 Å². The molecule has 0 aliphatic carbocycles. The van der Waals surface area contributed by atoms with E-state index in [1.807, 2.05) is 6.08 Å². The molecule has 0 amide bonds. The van der Waals surface area contributed by atoms with Crippen molar-refractivity contribution in [1.29, 1.82) is 0 Å². The first-order valence-corrected chi connectivity index (χ1v) is 18.4. The maximum atomic E-state index is 11.7. The molecule has 1 heteroatoms. The van der Waals surface area contributed by atoms with E-state index in [1.54, 1.807) is 0 Å². The number of allylic oxidation sites excluding steroid dienone is 3. The van der Waals surface area contributed by atoms with Crippen molar-refractivity contribution in [2.24, 2.45) is 5.92 Å². The van der Waals surface area contributed by atoms with Crippen molar-refractivity contribution in [3.8, 4) is 0 Å². The van der Waals surface area contributed by atoms with E-state index in [9.17, 15) is 4.79 Å². The minimum Gasteiger partial charge on any atom is -0.300 e. The van der Waals surface area contributed by atoms with Crippen molar-refractivity contribution in [3.63, 3.8) is 0 Å².